The van der Waals surface area contributed by atoms with Crippen LogP contribution < -0.4 is 14.8 Å². The van der Waals surface area contributed by atoms with Crippen LogP contribution in [0, 0.1) is 11.8 Å². The molecule has 4 aliphatic heterocycles. The van der Waals surface area contributed by atoms with E-state index in [1.807, 2.05) is 18.2 Å². The number of carbonyl (C=O) groups excluding carboxylic acids is 1. The number of methoxy groups -OCH3 is 2. The van der Waals surface area contributed by atoms with Gasteiger partial charge < -0.3 is 28.6 Å². The van der Waals surface area contributed by atoms with E-state index in [0.29, 0.717) is 68.8 Å². The van der Waals surface area contributed by atoms with Crippen molar-refractivity contribution in [3.8, 4) is 5.75 Å². The molecule has 7 atom stereocenters. The molecule has 57 heavy (non-hydrogen) atoms. The van der Waals surface area contributed by atoms with E-state index in [4.69, 9.17) is 40.4 Å². The molecule has 0 saturated carbocycles. The summed E-state index contributed by atoms with van der Waals surface area (Å²) in [7, 11) is -0.912. The minimum atomic E-state index is -3.82. The van der Waals surface area contributed by atoms with E-state index < -0.39 is 44.7 Å². The average Bonchev–Trinajstić information content (AvgIpc) is 3.62. The third kappa shape index (κ3) is 8.75. The Morgan fingerprint density at radius 1 is 1.16 bits per heavy atom. The maximum Gasteiger partial charge on any atom is 0.337 e. The van der Waals surface area contributed by atoms with Crippen LogP contribution in [0.3, 0.4) is 0 Å². The van der Waals surface area contributed by atoms with Crippen LogP contribution in [-0.4, -0.2) is 134 Å². The zero-order chi connectivity index (χ0) is 40.5. The SMILES string of the molecule is COC(=O)c1ccc2c(c1)N(C[C@@H]1CCO[C@H]1C(CN1CCN3CCOC[C@@H]3C1)(OC)/C(F)=C/C[C@H](C)[C@@H](C)S(N)(=O)=O)C[C@@]1(CCCc3cc(Cl)ccc31)CO2. The predicted octanol–water partition coefficient (Wildman–Crippen LogP) is 4.96. The number of hydrogen-bond donors (Lipinski definition) is 1. The Kier molecular flexibility index (Phi) is 12.9. The van der Waals surface area contributed by atoms with Crippen molar-refractivity contribution in [2.45, 2.75) is 74.4 Å². The number of rotatable bonds is 12. The van der Waals surface area contributed by atoms with Crippen molar-refractivity contribution in [2.75, 3.05) is 91.4 Å². The first kappa shape index (κ1) is 42.3. The molecule has 2 N–H and O–H groups in total. The minimum Gasteiger partial charge on any atom is -0.490 e. The Morgan fingerprint density at radius 2 is 1.98 bits per heavy atom. The molecule has 1 spiro atoms. The van der Waals surface area contributed by atoms with Crippen LogP contribution in [0.5, 0.6) is 5.75 Å². The number of carbonyl (C=O) groups is 1. The van der Waals surface area contributed by atoms with Crippen molar-refractivity contribution >= 4 is 33.3 Å². The molecule has 0 aromatic heterocycles. The van der Waals surface area contributed by atoms with Crippen molar-refractivity contribution in [2.24, 2.45) is 17.0 Å². The number of nitrogens with two attached hydrogens (primary N) is 1. The van der Waals surface area contributed by atoms with Gasteiger partial charge in [-0.2, -0.15) is 0 Å². The van der Waals surface area contributed by atoms with Gasteiger partial charge in [-0.15, -0.1) is 0 Å². The molecule has 0 bridgehead atoms. The van der Waals surface area contributed by atoms with Crippen LogP contribution in [0.4, 0.5) is 10.1 Å². The van der Waals surface area contributed by atoms with Gasteiger partial charge in [-0.25, -0.2) is 22.7 Å². The summed E-state index contributed by atoms with van der Waals surface area (Å²) >= 11 is 6.50. The lowest BCUT2D eigenvalue weighted by molar-refractivity contribution is -0.132. The number of nitrogens with zero attached hydrogens (tertiary/aromatic N) is 3. The molecule has 1 unspecified atom stereocenters. The number of allylic oxidation sites excluding steroid dienone is 1. The minimum absolute atomic E-state index is 0.148. The monoisotopic (exact) mass is 832 g/mol. The molecular weight excluding hydrogens is 775 g/mol. The van der Waals surface area contributed by atoms with Crippen molar-refractivity contribution in [1.82, 2.24) is 9.80 Å². The molecule has 3 saturated heterocycles. The fourth-order valence-corrected chi connectivity index (χ4v) is 10.8. The smallest absolute Gasteiger partial charge is 0.337 e. The first-order valence-corrected chi connectivity index (χ1v) is 22.2. The molecule has 314 valence electrons. The highest BCUT2D eigenvalue weighted by Crippen LogP contribution is 2.47. The lowest BCUT2D eigenvalue weighted by Gasteiger charge is -2.48. The number of primary sulfonamides is 1. The van der Waals surface area contributed by atoms with E-state index in [-0.39, 0.29) is 30.3 Å². The number of ether oxygens (including phenoxy) is 5. The molecule has 0 radical (unpaired) electrons. The number of esters is 1. The Hall–Kier alpha value is -2.82. The molecule has 4 heterocycles. The fraction of sp³-hybridized carbons (Fsp3) is 0.643. The number of piperazine rings is 1. The normalized spacial score (nSPS) is 28.0. The van der Waals surface area contributed by atoms with Gasteiger partial charge in [0.25, 0.3) is 0 Å². The quantitative estimate of drug-likeness (QED) is 0.291. The molecule has 5 aliphatic rings. The van der Waals surface area contributed by atoms with Crippen LogP contribution in [0.1, 0.15) is 61.0 Å². The molecule has 1 aliphatic carbocycles. The molecule has 3 fully saturated rings. The van der Waals surface area contributed by atoms with Crippen LogP contribution in [-0.2, 0) is 40.8 Å². The molecular formula is C42H58ClFN4O8S. The van der Waals surface area contributed by atoms with E-state index in [2.05, 4.69) is 26.8 Å². The van der Waals surface area contributed by atoms with Gasteiger partial charge in [0.05, 0.1) is 49.5 Å². The summed E-state index contributed by atoms with van der Waals surface area (Å²) in [6, 6.07) is 11.7. The molecule has 12 nitrogen and oxygen atoms in total. The number of anilines is 1. The Bertz CT molecular complexity index is 1920. The zero-order valence-corrected chi connectivity index (χ0v) is 35.2. The van der Waals surface area contributed by atoms with Gasteiger partial charge in [-0.1, -0.05) is 24.6 Å². The standard InChI is InChI=1S/C42H58ClFN4O8S/c1-28(29(2)57(45,50)51)7-12-38(44)42(53-4,26-46-15-16-47-17-19-54-24-34(47)23-46)39-32(13-18-55-39)22-48-25-41(14-5-6-30-20-33(43)9-10-35(30)41)27-56-37-11-8-31(21-36(37)48)40(49)52-3/h8-12,20-21,28-29,32,34,39H,5-7,13-19,22-27H2,1-4H3,(H2,45,50,51)/b38-12-/t28-,29+,32-,34-,39+,41-,42?/m0/s1. The first-order chi connectivity index (χ1) is 27.3. The van der Waals surface area contributed by atoms with Gasteiger partial charge in [0.15, 0.2) is 5.60 Å². The molecule has 0 amide bonds. The van der Waals surface area contributed by atoms with E-state index >= 15 is 4.39 Å². The van der Waals surface area contributed by atoms with Crippen molar-refractivity contribution in [3.05, 3.63) is 70.0 Å². The maximum absolute atomic E-state index is 17.4. The Labute approximate surface area is 341 Å². The van der Waals surface area contributed by atoms with E-state index in [1.165, 1.54) is 24.3 Å². The first-order valence-electron chi connectivity index (χ1n) is 20.2. The topological polar surface area (TPSA) is 133 Å². The molecule has 15 heteroatoms. The second kappa shape index (κ2) is 17.4. The fourth-order valence-electron chi connectivity index (χ4n) is 9.82. The number of morpholine rings is 1. The number of benzene rings is 2. The highest BCUT2D eigenvalue weighted by Gasteiger charge is 2.53. The summed E-state index contributed by atoms with van der Waals surface area (Å²) in [6.07, 6.45) is 4.36. The number of aryl methyl sites for hydroxylation is 1. The van der Waals surface area contributed by atoms with E-state index in [0.717, 1.165) is 44.6 Å². The van der Waals surface area contributed by atoms with Gasteiger partial charge in [0.1, 0.15) is 11.6 Å². The number of halogens is 2. The summed E-state index contributed by atoms with van der Waals surface area (Å²) in [5, 5.41) is 5.33. The van der Waals surface area contributed by atoms with Gasteiger partial charge in [-0.3, -0.25) is 9.80 Å². The molecule has 2 aromatic carbocycles. The summed E-state index contributed by atoms with van der Waals surface area (Å²) in [4.78, 5) is 19.8. The maximum atomic E-state index is 17.4. The van der Waals surface area contributed by atoms with Crippen LogP contribution in [0.25, 0.3) is 0 Å². The van der Waals surface area contributed by atoms with Gasteiger partial charge in [-0.05, 0) is 92.5 Å². The van der Waals surface area contributed by atoms with Crippen molar-refractivity contribution in [3.63, 3.8) is 0 Å². The van der Waals surface area contributed by atoms with Crippen molar-refractivity contribution < 1.29 is 41.3 Å². The second-order valence-corrected chi connectivity index (χ2v) is 19.1. The largest absolute Gasteiger partial charge is 0.490 e. The second-order valence-electron chi connectivity index (χ2n) is 16.8. The zero-order valence-electron chi connectivity index (χ0n) is 33.6. The summed E-state index contributed by atoms with van der Waals surface area (Å²) < 4.78 is 72.5. The number of fused-ring (bicyclic) bond motifs is 4. The van der Waals surface area contributed by atoms with Gasteiger partial charge in [0.2, 0.25) is 10.0 Å². The van der Waals surface area contributed by atoms with Crippen LogP contribution >= 0.6 is 11.6 Å². The summed E-state index contributed by atoms with van der Waals surface area (Å²) in [6.45, 7) is 9.89. The van der Waals surface area contributed by atoms with Crippen LogP contribution in [0.2, 0.25) is 5.02 Å². The lowest BCUT2D eigenvalue weighted by Crippen LogP contribution is -2.63. The predicted molar refractivity (Wildman–Crippen MR) is 217 cm³/mol. The van der Waals surface area contributed by atoms with Gasteiger partial charge in [0, 0.05) is 81.9 Å². The van der Waals surface area contributed by atoms with E-state index in [1.54, 1.807) is 27.0 Å². The Morgan fingerprint density at radius 3 is 2.75 bits per heavy atom. The van der Waals surface area contributed by atoms with E-state index in [9.17, 15) is 13.2 Å². The third-order valence-electron chi connectivity index (χ3n) is 13.3. The number of sulfonamides is 1. The highest BCUT2D eigenvalue weighted by molar-refractivity contribution is 7.89. The molecule has 7 rings (SSSR count). The summed E-state index contributed by atoms with van der Waals surface area (Å²) in [5.41, 5.74) is 1.70. The average molecular weight is 833 g/mol. The number of hydrogen-bond acceptors (Lipinski definition) is 11. The van der Waals surface area contributed by atoms with Crippen molar-refractivity contribution in [1.29, 1.82) is 0 Å². The van der Waals surface area contributed by atoms with Gasteiger partial charge >= 0.3 is 5.97 Å². The third-order valence-corrected chi connectivity index (χ3v) is 15.1. The Balaban J connectivity index is 1.26. The van der Waals surface area contributed by atoms with Crippen LogP contribution in [0.15, 0.2) is 48.3 Å². The molecule has 2 aromatic rings. The summed E-state index contributed by atoms with van der Waals surface area (Å²) in [5.74, 6) is -0.921. The highest BCUT2D eigenvalue weighted by atomic mass is 35.5. The lowest BCUT2D eigenvalue weighted by atomic mass is 9.70.